The van der Waals surface area contributed by atoms with Crippen molar-refractivity contribution in [1.29, 1.82) is 0 Å². The Labute approximate surface area is 233 Å². The molecule has 198 valence electrons. The van der Waals surface area contributed by atoms with Gasteiger partial charge in [0.1, 0.15) is 5.82 Å². The molecular weight excluding hydrogens is 506 g/mol. The molecule has 5 rings (SSSR count). The summed E-state index contributed by atoms with van der Waals surface area (Å²) < 4.78 is 1.65. The zero-order chi connectivity index (χ0) is 27.5. The minimum Gasteiger partial charge on any atom is -0.329 e. The van der Waals surface area contributed by atoms with Crippen LogP contribution in [-0.4, -0.2) is 26.9 Å². The average Bonchev–Trinajstić information content (AvgIpc) is 2.95. The van der Waals surface area contributed by atoms with Gasteiger partial charge in [0, 0.05) is 17.1 Å². The number of fused-ring (bicyclic) bond motifs is 2. The topological polar surface area (TPSA) is 55.2 Å². The SMILES string of the molecule is CCCCCN(C(=O)c1ccc2ccccc2c1)C(C)c1nc2ccccc2c(=O)n1-c1ccc(Cl)cc1C. The van der Waals surface area contributed by atoms with Gasteiger partial charge in [-0.25, -0.2) is 4.98 Å². The molecular formula is C33H32ClN3O2. The molecule has 0 aliphatic rings. The number of aryl methyl sites for hydroxylation is 1. The van der Waals surface area contributed by atoms with E-state index in [4.69, 9.17) is 16.6 Å². The second kappa shape index (κ2) is 11.4. The Morgan fingerprint density at radius 2 is 1.69 bits per heavy atom. The lowest BCUT2D eigenvalue weighted by molar-refractivity contribution is 0.0677. The van der Waals surface area contributed by atoms with Crippen molar-refractivity contribution < 1.29 is 4.79 Å². The quantitative estimate of drug-likeness (QED) is 0.189. The van der Waals surface area contributed by atoms with E-state index in [0.29, 0.717) is 39.5 Å². The van der Waals surface area contributed by atoms with E-state index in [1.807, 2.05) is 91.5 Å². The summed E-state index contributed by atoms with van der Waals surface area (Å²) in [5, 5.41) is 3.23. The van der Waals surface area contributed by atoms with E-state index in [1.54, 1.807) is 16.7 Å². The first-order valence-electron chi connectivity index (χ1n) is 13.5. The smallest absolute Gasteiger partial charge is 0.266 e. The molecule has 39 heavy (non-hydrogen) atoms. The summed E-state index contributed by atoms with van der Waals surface area (Å²) in [6, 6.07) is 26.2. The van der Waals surface area contributed by atoms with Gasteiger partial charge in [-0.15, -0.1) is 0 Å². The minimum atomic E-state index is -0.465. The summed E-state index contributed by atoms with van der Waals surface area (Å²) in [7, 11) is 0. The predicted molar refractivity (Wildman–Crippen MR) is 160 cm³/mol. The number of para-hydroxylation sites is 1. The number of aromatic nitrogens is 2. The Balaban J connectivity index is 1.67. The van der Waals surface area contributed by atoms with E-state index in [9.17, 15) is 9.59 Å². The lowest BCUT2D eigenvalue weighted by Crippen LogP contribution is -2.38. The largest absolute Gasteiger partial charge is 0.329 e. The Kier molecular flexibility index (Phi) is 7.80. The number of hydrogen-bond donors (Lipinski definition) is 0. The van der Waals surface area contributed by atoms with Gasteiger partial charge < -0.3 is 4.90 Å². The van der Waals surface area contributed by atoms with Crippen molar-refractivity contribution >= 4 is 39.2 Å². The van der Waals surface area contributed by atoms with E-state index < -0.39 is 6.04 Å². The van der Waals surface area contributed by atoms with Crippen LogP contribution in [0.1, 0.15) is 60.9 Å². The van der Waals surface area contributed by atoms with Gasteiger partial charge in [-0.2, -0.15) is 0 Å². The average molecular weight is 538 g/mol. The summed E-state index contributed by atoms with van der Waals surface area (Å²) in [5.74, 6) is 0.445. The van der Waals surface area contributed by atoms with Crippen molar-refractivity contribution in [3.8, 4) is 5.69 Å². The first-order valence-corrected chi connectivity index (χ1v) is 13.8. The minimum absolute atomic E-state index is 0.0776. The molecule has 1 unspecified atom stereocenters. The van der Waals surface area contributed by atoms with Crippen LogP contribution in [-0.2, 0) is 0 Å². The standard InChI is InChI=1S/C33H32ClN3O2/c1-4-5-10-19-36(32(38)26-16-15-24-11-6-7-12-25(24)21-26)23(3)31-35-29-14-9-8-13-28(29)33(39)37(31)30-18-17-27(34)20-22(30)2/h6-9,11-18,20-21,23H,4-5,10,19H2,1-3H3. The van der Waals surface area contributed by atoms with Gasteiger partial charge >= 0.3 is 0 Å². The van der Waals surface area contributed by atoms with Crippen LogP contribution in [0.15, 0.2) is 89.7 Å². The van der Waals surface area contributed by atoms with Gasteiger partial charge in [0.15, 0.2) is 0 Å². The van der Waals surface area contributed by atoms with Crippen LogP contribution >= 0.6 is 11.6 Å². The highest BCUT2D eigenvalue weighted by Crippen LogP contribution is 2.28. The molecule has 0 N–H and O–H groups in total. The van der Waals surface area contributed by atoms with E-state index in [-0.39, 0.29) is 11.5 Å². The molecule has 0 radical (unpaired) electrons. The van der Waals surface area contributed by atoms with Crippen LogP contribution < -0.4 is 5.56 Å². The molecule has 0 fully saturated rings. The highest BCUT2D eigenvalue weighted by molar-refractivity contribution is 6.30. The Morgan fingerprint density at radius 3 is 2.46 bits per heavy atom. The van der Waals surface area contributed by atoms with Gasteiger partial charge in [0.25, 0.3) is 11.5 Å². The van der Waals surface area contributed by atoms with Gasteiger partial charge in [-0.05, 0) is 79.1 Å². The molecule has 0 spiro atoms. The van der Waals surface area contributed by atoms with Gasteiger partial charge in [0.2, 0.25) is 0 Å². The van der Waals surface area contributed by atoms with Crippen molar-refractivity contribution in [2.75, 3.05) is 6.54 Å². The summed E-state index contributed by atoms with van der Waals surface area (Å²) in [4.78, 5) is 34.9. The van der Waals surface area contributed by atoms with Gasteiger partial charge in [-0.1, -0.05) is 73.8 Å². The fraction of sp³-hybridized carbons (Fsp3) is 0.242. The molecule has 1 atom stereocenters. The number of unbranched alkanes of at least 4 members (excludes halogenated alkanes) is 2. The zero-order valence-corrected chi connectivity index (χ0v) is 23.3. The fourth-order valence-corrected chi connectivity index (χ4v) is 5.39. The molecule has 1 amide bonds. The van der Waals surface area contributed by atoms with Gasteiger partial charge in [-0.3, -0.25) is 14.2 Å². The maximum absolute atomic E-state index is 14.1. The number of nitrogens with zero attached hydrogens (tertiary/aromatic N) is 3. The maximum Gasteiger partial charge on any atom is 0.266 e. The second-order valence-corrected chi connectivity index (χ2v) is 10.4. The van der Waals surface area contributed by atoms with E-state index in [1.165, 1.54) is 0 Å². The highest BCUT2D eigenvalue weighted by atomic mass is 35.5. The Morgan fingerprint density at radius 1 is 0.949 bits per heavy atom. The number of halogens is 1. The molecule has 0 saturated heterocycles. The molecule has 0 saturated carbocycles. The van der Waals surface area contributed by atoms with Crippen LogP contribution in [0, 0.1) is 6.92 Å². The summed E-state index contributed by atoms with van der Waals surface area (Å²) >= 11 is 6.26. The molecule has 4 aromatic carbocycles. The Hall–Kier alpha value is -3.96. The van der Waals surface area contributed by atoms with Crippen molar-refractivity contribution in [2.24, 2.45) is 0 Å². The number of carbonyl (C=O) groups is 1. The van der Waals surface area contributed by atoms with Crippen LogP contribution in [0.25, 0.3) is 27.4 Å². The van der Waals surface area contributed by atoms with Crippen LogP contribution in [0.3, 0.4) is 0 Å². The van der Waals surface area contributed by atoms with E-state index >= 15 is 0 Å². The summed E-state index contributed by atoms with van der Waals surface area (Å²) in [6.07, 6.45) is 2.90. The first kappa shape index (κ1) is 26.6. The van der Waals surface area contributed by atoms with E-state index in [0.717, 1.165) is 35.6 Å². The monoisotopic (exact) mass is 537 g/mol. The number of benzene rings is 4. The number of carbonyl (C=O) groups excluding carboxylic acids is 1. The van der Waals surface area contributed by atoms with Crippen molar-refractivity contribution in [3.05, 3.63) is 117 Å². The third-order valence-corrected chi connectivity index (χ3v) is 7.54. The van der Waals surface area contributed by atoms with Crippen molar-refractivity contribution in [2.45, 2.75) is 46.1 Å². The third kappa shape index (κ3) is 5.32. The molecule has 5 nitrogen and oxygen atoms in total. The lowest BCUT2D eigenvalue weighted by Gasteiger charge is -2.31. The van der Waals surface area contributed by atoms with Crippen LogP contribution in [0.4, 0.5) is 0 Å². The second-order valence-electron chi connectivity index (χ2n) is 10.0. The molecule has 1 aromatic heterocycles. The third-order valence-electron chi connectivity index (χ3n) is 7.30. The van der Waals surface area contributed by atoms with Crippen molar-refractivity contribution in [3.63, 3.8) is 0 Å². The molecule has 6 heteroatoms. The normalized spacial score (nSPS) is 12.1. The molecule has 1 heterocycles. The summed E-state index contributed by atoms with van der Waals surface area (Å²) in [5.41, 5.74) is 2.62. The molecule has 5 aromatic rings. The number of hydrogen-bond acceptors (Lipinski definition) is 3. The predicted octanol–water partition coefficient (Wildman–Crippen LogP) is 7.89. The maximum atomic E-state index is 14.1. The lowest BCUT2D eigenvalue weighted by atomic mass is 10.0. The molecule has 0 aliphatic carbocycles. The highest BCUT2D eigenvalue weighted by Gasteiger charge is 2.28. The number of amides is 1. The molecule has 0 bridgehead atoms. The fourth-order valence-electron chi connectivity index (χ4n) is 5.16. The first-order chi connectivity index (χ1) is 18.9. The van der Waals surface area contributed by atoms with E-state index in [2.05, 4.69) is 6.92 Å². The van der Waals surface area contributed by atoms with Crippen molar-refractivity contribution in [1.82, 2.24) is 14.5 Å². The molecule has 0 aliphatic heterocycles. The summed E-state index contributed by atoms with van der Waals surface area (Å²) in [6.45, 7) is 6.59. The van der Waals surface area contributed by atoms with Gasteiger partial charge in [0.05, 0.1) is 22.6 Å². The Bertz CT molecular complexity index is 1730. The number of rotatable bonds is 8. The van der Waals surface area contributed by atoms with Crippen LogP contribution in [0.2, 0.25) is 5.02 Å². The van der Waals surface area contributed by atoms with Crippen LogP contribution in [0.5, 0.6) is 0 Å². The zero-order valence-electron chi connectivity index (χ0n) is 22.5.